The van der Waals surface area contributed by atoms with Crippen LogP contribution < -0.4 is 5.32 Å². The molecule has 0 aliphatic rings. The highest BCUT2D eigenvalue weighted by Gasteiger charge is 2.23. The molecule has 8 nitrogen and oxygen atoms in total. The number of nitro groups is 1. The number of nitro benzene ring substituents is 1. The van der Waals surface area contributed by atoms with Crippen molar-refractivity contribution in [3.63, 3.8) is 0 Å². The summed E-state index contributed by atoms with van der Waals surface area (Å²) >= 11 is 6.03. The Kier molecular flexibility index (Phi) is 5.96. The number of aromatic nitrogens is 3. The van der Waals surface area contributed by atoms with Gasteiger partial charge in [-0.15, -0.1) is 5.10 Å². The van der Waals surface area contributed by atoms with Crippen molar-refractivity contribution >= 4 is 23.2 Å². The van der Waals surface area contributed by atoms with Crippen molar-refractivity contribution in [2.45, 2.75) is 13.0 Å². The number of rotatable bonds is 6. The molecule has 0 saturated heterocycles. The molecule has 160 valence electrons. The fourth-order valence-electron chi connectivity index (χ4n) is 3.38. The second-order valence-corrected chi connectivity index (χ2v) is 7.52. The summed E-state index contributed by atoms with van der Waals surface area (Å²) in [5.41, 5.74) is 2.72. The fourth-order valence-corrected chi connectivity index (χ4v) is 3.51. The lowest BCUT2D eigenvalue weighted by Crippen LogP contribution is -2.30. The molecule has 4 aromatic rings. The normalized spacial score (nSPS) is 11.7. The molecular weight excluding hydrogens is 430 g/mol. The standard InChI is InChI=1S/C23H18ClN5O3/c1-15-21(26-27-28(15)19-8-5-9-20(14-19)29(31)32)23(30)25-22(16-6-3-2-4-7-16)17-10-12-18(24)13-11-17/h2-14,22H,1H3,(H,25,30). The van der Waals surface area contributed by atoms with Gasteiger partial charge in [0, 0.05) is 17.2 Å². The number of nitrogens with one attached hydrogen (secondary N) is 1. The van der Waals surface area contributed by atoms with E-state index < -0.39 is 16.9 Å². The van der Waals surface area contributed by atoms with Crippen LogP contribution in [0.3, 0.4) is 0 Å². The zero-order chi connectivity index (χ0) is 22.7. The van der Waals surface area contributed by atoms with E-state index in [0.717, 1.165) is 11.1 Å². The van der Waals surface area contributed by atoms with Crippen LogP contribution in [0.5, 0.6) is 0 Å². The van der Waals surface area contributed by atoms with Gasteiger partial charge >= 0.3 is 0 Å². The summed E-state index contributed by atoms with van der Waals surface area (Å²) in [5.74, 6) is -0.414. The van der Waals surface area contributed by atoms with Crippen molar-refractivity contribution in [3.05, 3.63) is 117 Å². The largest absolute Gasteiger partial charge is 0.340 e. The molecule has 1 atom stereocenters. The van der Waals surface area contributed by atoms with Crippen LogP contribution in [0.4, 0.5) is 5.69 Å². The number of non-ortho nitro benzene ring substituents is 1. The third-order valence-corrected chi connectivity index (χ3v) is 5.26. The van der Waals surface area contributed by atoms with Crippen molar-refractivity contribution in [3.8, 4) is 5.69 Å². The molecule has 0 fully saturated rings. The lowest BCUT2D eigenvalue weighted by Gasteiger charge is -2.19. The topological polar surface area (TPSA) is 103 Å². The number of hydrogen-bond donors (Lipinski definition) is 1. The van der Waals surface area contributed by atoms with Crippen molar-refractivity contribution < 1.29 is 9.72 Å². The van der Waals surface area contributed by atoms with E-state index in [1.165, 1.54) is 16.8 Å². The first-order valence-corrected chi connectivity index (χ1v) is 10.1. The maximum Gasteiger partial charge on any atom is 0.274 e. The quantitative estimate of drug-likeness (QED) is 0.342. The van der Waals surface area contributed by atoms with Crippen LogP contribution in [0.25, 0.3) is 5.69 Å². The van der Waals surface area contributed by atoms with Gasteiger partial charge in [-0.2, -0.15) is 0 Å². The maximum atomic E-state index is 13.1. The van der Waals surface area contributed by atoms with Crippen LogP contribution in [0.1, 0.15) is 33.4 Å². The van der Waals surface area contributed by atoms with Gasteiger partial charge in [-0.3, -0.25) is 14.9 Å². The Morgan fingerprint density at radius 1 is 1.03 bits per heavy atom. The summed E-state index contributed by atoms with van der Waals surface area (Å²) < 4.78 is 1.40. The predicted octanol–water partition coefficient (Wildman–Crippen LogP) is 4.66. The highest BCUT2D eigenvalue weighted by molar-refractivity contribution is 6.30. The van der Waals surface area contributed by atoms with Gasteiger partial charge in [-0.1, -0.05) is 65.3 Å². The molecule has 9 heteroatoms. The Hall–Kier alpha value is -4.04. The lowest BCUT2D eigenvalue weighted by molar-refractivity contribution is -0.384. The Bertz CT molecular complexity index is 1270. The Labute approximate surface area is 188 Å². The van der Waals surface area contributed by atoms with Crippen LogP contribution in [-0.2, 0) is 0 Å². The summed E-state index contributed by atoms with van der Waals surface area (Å²) in [6.45, 7) is 1.69. The van der Waals surface area contributed by atoms with Crippen LogP contribution in [0.15, 0.2) is 78.9 Å². The van der Waals surface area contributed by atoms with Gasteiger partial charge < -0.3 is 5.32 Å². The van der Waals surface area contributed by atoms with Gasteiger partial charge in [0.05, 0.1) is 22.3 Å². The van der Waals surface area contributed by atoms with E-state index in [1.807, 2.05) is 42.5 Å². The monoisotopic (exact) mass is 447 g/mol. The molecule has 32 heavy (non-hydrogen) atoms. The maximum absolute atomic E-state index is 13.1. The molecule has 0 radical (unpaired) electrons. The number of carbonyl (C=O) groups excluding carboxylic acids is 1. The first kappa shape index (κ1) is 21.2. The van der Waals surface area contributed by atoms with E-state index in [9.17, 15) is 14.9 Å². The average Bonchev–Trinajstić information content (AvgIpc) is 3.20. The van der Waals surface area contributed by atoms with Gasteiger partial charge in [0.1, 0.15) is 0 Å². The van der Waals surface area contributed by atoms with Crippen molar-refractivity contribution in [2.24, 2.45) is 0 Å². The number of halogens is 1. The molecule has 1 amide bonds. The number of amides is 1. The first-order chi connectivity index (χ1) is 15.4. The summed E-state index contributed by atoms with van der Waals surface area (Å²) in [7, 11) is 0. The van der Waals surface area contributed by atoms with E-state index in [1.54, 1.807) is 31.2 Å². The molecule has 3 aromatic carbocycles. The number of nitrogens with zero attached hydrogens (tertiary/aromatic N) is 4. The smallest absolute Gasteiger partial charge is 0.274 e. The highest BCUT2D eigenvalue weighted by atomic mass is 35.5. The summed E-state index contributed by atoms with van der Waals surface area (Å²) in [6.07, 6.45) is 0. The summed E-state index contributed by atoms with van der Waals surface area (Å²) in [5, 5.41) is 22.8. The van der Waals surface area contributed by atoms with Crippen LogP contribution in [0, 0.1) is 17.0 Å². The van der Waals surface area contributed by atoms with Gasteiger partial charge in [-0.25, -0.2) is 4.68 Å². The summed E-state index contributed by atoms with van der Waals surface area (Å²) in [4.78, 5) is 23.7. The lowest BCUT2D eigenvalue weighted by atomic mass is 9.98. The minimum absolute atomic E-state index is 0.0738. The highest BCUT2D eigenvalue weighted by Crippen LogP contribution is 2.25. The van der Waals surface area contributed by atoms with E-state index in [0.29, 0.717) is 16.4 Å². The van der Waals surface area contributed by atoms with Crippen LogP contribution in [0.2, 0.25) is 5.02 Å². The molecule has 1 unspecified atom stereocenters. The van der Waals surface area contributed by atoms with E-state index in [4.69, 9.17) is 11.6 Å². The predicted molar refractivity (Wildman–Crippen MR) is 120 cm³/mol. The third-order valence-electron chi connectivity index (χ3n) is 5.01. The Balaban J connectivity index is 1.65. The molecule has 0 saturated carbocycles. The van der Waals surface area contributed by atoms with E-state index in [2.05, 4.69) is 15.6 Å². The third kappa shape index (κ3) is 4.35. The molecule has 0 aliphatic carbocycles. The van der Waals surface area contributed by atoms with E-state index >= 15 is 0 Å². The summed E-state index contributed by atoms with van der Waals surface area (Å²) in [6, 6.07) is 22.3. The SMILES string of the molecule is Cc1c(C(=O)NC(c2ccccc2)c2ccc(Cl)cc2)nnn1-c1cccc([N+](=O)[O-])c1. The van der Waals surface area contributed by atoms with Crippen LogP contribution in [-0.4, -0.2) is 25.8 Å². The second kappa shape index (κ2) is 8.99. The molecular formula is C23H18ClN5O3. The van der Waals surface area contributed by atoms with Crippen molar-refractivity contribution in [2.75, 3.05) is 0 Å². The second-order valence-electron chi connectivity index (χ2n) is 7.08. The van der Waals surface area contributed by atoms with Gasteiger partial charge in [-0.05, 0) is 36.2 Å². The van der Waals surface area contributed by atoms with Crippen molar-refractivity contribution in [1.29, 1.82) is 0 Å². The number of carbonyl (C=O) groups is 1. The van der Waals surface area contributed by atoms with Gasteiger partial charge in [0.2, 0.25) is 0 Å². The minimum atomic E-state index is -0.486. The zero-order valence-electron chi connectivity index (χ0n) is 17.0. The molecule has 0 aliphatic heterocycles. The molecule has 1 aromatic heterocycles. The van der Waals surface area contributed by atoms with Gasteiger partial charge in [0.25, 0.3) is 11.6 Å². The Morgan fingerprint density at radius 2 is 1.72 bits per heavy atom. The average molecular weight is 448 g/mol. The fraction of sp³-hybridized carbons (Fsp3) is 0.0870. The van der Waals surface area contributed by atoms with E-state index in [-0.39, 0.29) is 11.4 Å². The molecule has 4 rings (SSSR count). The van der Waals surface area contributed by atoms with Crippen LogP contribution >= 0.6 is 11.6 Å². The zero-order valence-corrected chi connectivity index (χ0v) is 17.7. The number of benzene rings is 3. The van der Waals surface area contributed by atoms with Crippen molar-refractivity contribution in [1.82, 2.24) is 20.3 Å². The molecule has 0 bridgehead atoms. The van der Waals surface area contributed by atoms with Gasteiger partial charge in [0.15, 0.2) is 5.69 Å². The Morgan fingerprint density at radius 3 is 2.41 bits per heavy atom. The molecule has 1 N–H and O–H groups in total. The molecule has 0 spiro atoms. The molecule has 1 heterocycles. The first-order valence-electron chi connectivity index (χ1n) is 9.72. The number of hydrogen-bond acceptors (Lipinski definition) is 5. The minimum Gasteiger partial charge on any atom is -0.340 e.